The van der Waals surface area contributed by atoms with Crippen LogP contribution in [-0.4, -0.2) is 47.1 Å². The van der Waals surface area contributed by atoms with Crippen molar-refractivity contribution in [1.82, 2.24) is 15.0 Å². The fourth-order valence-electron chi connectivity index (χ4n) is 3.58. The number of amides is 1. The molecule has 0 saturated carbocycles. The molecular weight excluding hydrogens is 371 g/mol. The van der Waals surface area contributed by atoms with Crippen LogP contribution in [0.2, 0.25) is 0 Å². The number of piperazine rings is 1. The molecule has 3 aromatic rings. The summed E-state index contributed by atoms with van der Waals surface area (Å²) in [6.07, 6.45) is 0.753. The van der Waals surface area contributed by atoms with Crippen molar-refractivity contribution in [2.24, 2.45) is 0 Å². The van der Waals surface area contributed by atoms with Gasteiger partial charge in [-0.15, -0.1) is 0 Å². The molecule has 1 N–H and O–H groups in total. The van der Waals surface area contributed by atoms with E-state index < -0.39 is 0 Å². The van der Waals surface area contributed by atoms with E-state index in [-0.39, 0.29) is 11.7 Å². The zero-order valence-corrected chi connectivity index (χ0v) is 16.2. The molecule has 4 rings (SSSR count). The number of rotatable bonds is 6. The summed E-state index contributed by atoms with van der Waals surface area (Å²) >= 11 is 0. The number of halogens is 1. The fourth-order valence-corrected chi connectivity index (χ4v) is 3.58. The van der Waals surface area contributed by atoms with E-state index in [1.165, 1.54) is 22.6 Å². The third-order valence-electron chi connectivity index (χ3n) is 5.24. The number of nitrogens with zero attached hydrogens (tertiary/aromatic N) is 3. The summed E-state index contributed by atoms with van der Waals surface area (Å²) in [5.41, 5.74) is 2.01. The van der Waals surface area contributed by atoms with Gasteiger partial charge < -0.3 is 14.3 Å². The molecule has 6 nitrogen and oxygen atoms in total. The van der Waals surface area contributed by atoms with Crippen molar-refractivity contribution in [2.75, 3.05) is 26.2 Å². The van der Waals surface area contributed by atoms with Crippen molar-refractivity contribution in [3.8, 4) is 11.4 Å². The second kappa shape index (κ2) is 8.96. The molecular formula is C22H24FN4O2+. The maximum atomic E-state index is 13.0. The number of benzene rings is 2. The van der Waals surface area contributed by atoms with Crippen molar-refractivity contribution in [3.05, 3.63) is 71.9 Å². The van der Waals surface area contributed by atoms with E-state index in [0.717, 1.165) is 32.7 Å². The number of carbonyl (C=O) groups excluding carboxylic acids is 1. The van der Waals surface area contributed by atoms with Crippen molar-refractivity contribution in [1.29, 1.82) is 0 Å². The molecule has 150 valence electrons. The maximum absolute atomic E-state index is 13.0. The first kappa shape index (κ1) is 19.3. The highest BCUT2D eigenvalue weighted by atomic mass is 19.1. The molecule has 1 aliphatic rings. The Kier molecular flexibility index (Phi) is 5.95. The standard InChI is InChI=1S/C22H23FN4O2/c23-19-8-6-18(7-9-19)22-24-20(29-25-22)10-11-21(28)27-14-12-26(13-15-27)16-17-4-2-1-3-5-17/h1-9H,10-16H2/p+1. The summed E-state index contributed by atoms with van der Waals surface area (Å²) in [6, 6.07) is 16.4. The van der Waals surface area contributed by atoms with Crippen molar-refractivity contribution >= 4 is 5.91 Å². The monoisotopic (exact) mass is 395 g/mol. The average molecular weight is 395 g/mol. The van der Waals surface area contributed by atoms with Crippen molar-refractivity contribution in [3.63, 3.8) is 0 Å². The van der Waals surface area contributed by atoms with Crippen LogP contribution in [0.4, 0.5) is 4.39 Å². The second-order valence-electron chi connectivity index (χ2n) is 7.31. The summed E-state index contributed by atoms with van der Waals surface area (Å²) in [4.78, 5) is 20.3. The maximum Gasteiger partial charge on any atom is 0.227 e. The van der Waals surface area contributed by atoms with E-state index in [1.54, 1.807) is 12.1 Å². The second-order valence-corrected chi connectivity index (χ2v) is 7.31. The average Bonchev–Trinajstić information content (AvgIpc) is 3.23. The number of hydrogen-bond donors (Lipinski definition) is 1. The van der Waals surface area contributed by atoms with Crippen LogP contribution in [0.3, 0.4) is 0 Å². The summed E-state index contributed by atoms with van der Waals surface area (Å²) in [7, 11) is 0. The minimum atomic E-state index is -0.311. The molecule has 1 amide bonds. The number of carbonyl (C=O) groups is 1. The zero-order chi connectivity index (χ0) is 20.1. The quantitative estimate of drug-likeness (QED) is 0.691. The van der Waals surface area contributed by atoms with E-state index in [2.05, 4.69) is 34.4 Å². The molecule has 0 atom stereocenters. The SMILES string of the molecule is O=C(CCc1nc(-c2ccc(F)cc2)no1)N1CC[NH+](Cc2ccccc2)CC1. The number of aryl methyl sites for hydroxylation is 1. The Morgan fingerprint density at radius 3 is 2.52 bits per heavy atom. The number of hydrogen-bond acceptors (Lipinski definition) is 4. The Labute approximate surface area is 168 Å². The van der Waals surface area contributed by atoms with E-state index in [4.69, 9.17) is 4.52 Å². The molecule has 0 bridgehead atoms. The van der Waals surface area contributed by atoms with Gasteiger partial charge in [0.05, 0.1) is 26.2 Å². The predicted octanol–water partition coefficient (Wildman–Crippen LogP) is 1.74. The number of quaternary nitrogens is 1. The van der Waals surface area contributed by atoms with Crippen LogP contribution in [0, 0.1) is 5.82 Å². The van der Waals surface area contributed by atoms with Crippen molar-refractivity contribution < 1.29 is 18.6 Å². The number of aromatic nitrogens is 2. The first-order valence-corrected chi connectivity index (χ1v) is 9.91. The largest absolute Gasteiger partial charge is 0.339 e. The van der Waals surface area contributed by atoms with Gasteiger partial charge in [-0.2, -0.15) is 4.98 Å². The van der Waals surface area contributed by atoms with Crippen molar-refractivity contribution in [2.45, 2.75) is 19.4 Å². The lowest BCUT2D eigenvalue weighted by Gasteiger charge is -2.32. The lowest BCUT2D eigenvalue weighted by molar-refractivity contribution is -0.917. The highest BCUT2D eigenvalue weighted by molar-refractivity contribution is 5.76. The molecule has 7 heteroatoms. The fraction of sp³-hybridized carbons (Fsp3) is 0.318. The highest BCUT2D eigenvalue weighted by Gasteiger charge is 2.24. The Balaban J connectivity index is 1.24. The Morgan fingerprint density at radius 1 is 1.07 bits per heavy atom. The number of nitrogens with one attached hydrogen (secondary N) is 1. The van der Waals surface area contributed by atoms with Gasteiger partial charge in [-0.1, -0.05) is 35.5 Å². The van der Waals surface area contributed by atoms with E-state index in [1.807, 2.05) is 11.0 Å². The van der Waals surface area contributed by atoms with Gasteiger partial charge in [0, 0.05) is 24.0 Å². The lowest BCUT2D eigenvalue weighted by atomic mass is 10.2. The summed E-state index contributed by atoms with van der Waals surface area (Å²) in [5.74, 6) is 0.635. The third kappa shape index (κ3) is 5.06. The molecule has 1 aliphatic heterocycles. The van der Waals surface area contributed by atoms with Gasteiger partial charge in [0.2, 0.25) is 17.6 Å². The summed E-state index contributed by atoms with van der Waals surface area (Å²) in [6.45, 7) is 4.44. The first-order valence-electron chi connectivity index (χ1n) is 9.91. The van der Waals surface area contributed by atoms with Crippen LogP contribution in [0.1, 0.15) is 17.9 Å². The van der Waals surface area contributed by atoms with Crippen LogP contribution < -0.4 is 4.90 Å². The van der Waals surface area contributed by atoms with E-state index in [9.17, 15) is 9.18 Å². The van der Waals surface area contributed by atoms with Crippen LogP contribution in [0.25, 0.3) is 11.4 Å². The Bertz CT molecular complexity index is 935. The molecule has 0 aliphatic carbocycles. The molecule has 0 spiro atoms. The molecule has 29 heavy (non-hydrogen) atoms. The predicted molar refractivity (Wildman–Crippen MR) is 105 cm³/mol. The molecule has 1 aromatic heterocycles. The smallest absolute Gasteiger partial charge is 0.227 e. The summed E-state index contributed by atoms with van der Waals surface area (Å²) < 4.78 is 18.3. The van der Waals surface area contributed by atoms with Crippen LogP contribution in [0.15, 0.2) is 59.1 Å². The van der Waals surface area contributed by atoms with Gasteiger partial charge in [-0.25, -0.2) is 4.39 Å². The molecule has 1 fully saturated rings. The molecule has 2 heterocycles. The first-order chi connectivity index (χ1) is 14.2. The minimum absolute atomic E-state index is 0.116. The normalized spacial score (nSPS) is 14.9. The Morgan fingerprint density at radius 2 is 1.79 bits per heavy atom. The van der Waals surface area contributed by atoms with Crippen LogP contribution >= 0.6 is 0 Å². The molecule has 2 aromatic carbocycles. The van der Waals surface area contributed by atoms with Gasteiger partial charge >= 0.3 is 0 Å². The topological polar surface area (TPSA) is 63.7 Å². The highest BCUT2D eigenvalue weighted by Crippen LogP contribution is 2.16. The van der Waals surface area contributed by atoms with E-state index in [0.29, 0.717) is 30.1 Å². The summed E-state index contributed by atoms with van der Waals surface area (Å²) in [5, 5.41) is 3.92. The van der Waals surface area contributed by atoms with Gasteiger partial charge in [-0.05, 0) is 24.3 Å². The molecule has 0 radical (unpaired) electrons. The molecule has 0 unspecified atom stereocenters. The van der Waals surface area contributed by atoms with Gasteiger partial charge in [-0.3, -0.25) is 4.79 Å². The van der Waals surface area contributed by atoms with Crippen LogP contribution in [-0.2, 0) is 17.8 Å². The van der Waals surface area contributed by atoms with E-state index >= 15 is 0 Å². The third-order valence-corrected chi connectivity index (χ3v) is 5.24. The lowest BCUT2D eigenvalue weighted by Crippen LogP contribution is -3.13. The zero-order valence-electron chi connectivity index (χ0n) is 16.2. The minimum Gasteiger partial charge on any atom is -0.339 e. The van der Waals surface area contributed by atoms with Crippen LogP contribution in [0.5, 0.6) is 0 Å². The Hall–Kier alpha value is -3.06. The van der Waals surface area contributed by atoms with Gasteiger partial charge in [0.25, 0.3) is 0 Å². The van der Waals surface area contributed by atoms with Gasteiger partial charge in [0.1, 0.15) is 12.4 Å². The van der Waals surface area contributed by atoms with Gasteiger partial charge in [0.15, 0.2) is 0 Å². The molecule has 1 saturated heterocycles.